The number of aromatic hydroxyl groups is 1. The number of nitrogens with zero attached hydrogens (tertiary/aromatic N) is 2. The number of rotatable bonds is 3. The molecule has 0 fully saturated rings. The van der Waals surface area contributed by atoms with E-state index in [0.717, 1.165) is 0 Å². The van der Waals surface area contributed by atoms with Crippen molar-refractivity contribution in [2.24, 2.45) is 0 Å². The summed E-state index contributed by atoms with van der Waals surface area (Å²) in [5.74, 6) is 0.0409. The number of aromatic nitrogens is 2. The van der Waals surface area contributed by atoms with E-state index in [2.05, 4.69) is 15.7 Å². The summed E-state index contributed by atoms with van der Waals surface area (Å²) in [7, 11) is 0. The van der Waals surface area contributed by atoms with Crippen molar-refractivity contribution in [1.29, 1.82) is 0 Å². The topological polar surface area (TPSA) is 79.2 Å². The van der Waals surface area contributed by atoms with E-state index in [9.17, 15) is 9.90 Å². The first-order valence-electron chi connectivity index (χ1n) is 6.06. The van der Waals surface area contributed by atoms with E-state index in [0.29, 0.717) is 11.4 Å². The number of benzene rings is 1. The Labute approximate surface area is 121 Å². The highest BCUT2D eigenvalue weighted by atomic mass is 35.5. The van der Waals surface area contributed by atoms with Crippen molar-refractivity contribution in [2.75, 3.05) is 10.6 Å². The normalized spacial score (nSPS) is 10.6. The first kappa shape index (κ1) is 14.2. The molecule has 0 saturated heterocycles. The van der Waals surface area contributed by atoms with Crippen molar-refractivity contribution in [3.63, 3.8) is 0 Å². The van der Waals surface area contributed by atoms with Crippen molar-refractivity contribution in [2.45, 2.75) is 19.9 Å². The van der Waals surface area contributed by atoms with E-state index in [4.69, 9.17) is 11.6 Å². The van der Waals surface area contributed by atoms with Crippen molar-refractivity contribution in [1.82, 2.24) is 9.78 Å². The fourth-order valence-electron chi connectivity index (χ4n) is 1.58. The summed E-state index contributed by atoms with van der Waals surface area (Å²) >= 11 is 5.90. The third kappa shape index (κ3) is 3.42. The Morgan fingerprint density at radius 2 is 2.15 bits per heavy atom. The highest BCUT2D eigenvalue weighted by molar-refractivity contribution is 6.34. The molecule has 7 heteroatoms. The predicted molar refractivity (Wildman–Crippen MR) is 78.4 cm³/mol. The fourth-order valence-corrected chi connectivity index (χ4v) is 1.80. The molecule has 0 bridgehead atoms. The molecule has 106 valence electrons. The van der Waals surface area contributed by atoms with Crippen molar-refractivity contribution >= 4 is 29.0 Å². The maximum atomic E-state index is 11.8. The van der Waals surface area contributed by atoms with Gasteiger partial charge in [-0.15, -0.1) is 0 Å². The highest BCUT2D eigenvalue weighted by Gasteiger charge is 2.08. The summed E-state index contributed by atoms with van der Waals surface area (Å²) in [5.41, 5.74) is 1.00. The molecule has 2 aromatic rings. The summed E-state index contributed by atoms with van der Waals surface area (Å²) in [6, 6.07) is 4.11. The Morgan fingerprint density at radius 3 is 2.75 bits per heavy atom. The molecular weight excluding hydrogens is 280 g/mol. The average molecular weight is 295 g/mol. The maximum Gasteiger partial charge on any atom is 0.323 e. The largest absolute Gasteiger partial charge is 0.508 e. The first-order chi connectivity index (χ1) is 9.45. The molecule has 2 amide bonds. The van der Waals surface area contributed by atoms with Gasteiger partial charge in [0.15, 0.2) is 0 Å². The molecule has 3 N–H and O–H groups in total. The standard InChI is InChI=1S/C13H15ClN4O2/c1-8(2)18-7-9(6-15-18)16-13(20)17-12-4-3-10(19)5-11(12)14/h3-8,19H,1-2H3,(H2,16,17,20). The zero-order chi connectivity index (χ0) is 14.7. The van der Waals surface area contributed by atoms with Gasteiger partial charge in [0.2, 0.25) is 0 Å². The monoisotopic (exact) mass is 294 g/mol. The minimum Gasteiger partial charge on any atom is -0.508 e. The summed E-state index contributed by atoms with van der Waals surface area (Å²) in [4.78, 5) is 11.8. The Hall–Kier alpha value is -2.21. The molecule has 0 aliphatic rings. The number of hydrogen-bond donors (Lipinski definition) is 3. The van der Waals surface area contributed by atoms with E-state index < -0.39 is 6.03 Å². The number of carbonyl (C=O) groups is 1. The van der Waals surface area contributed by atoms with Crippen LogP contribution >= 0.6 is 11.6 Å². The maximum absolute atomic E-state index is 11.8. The minimum absolute atomic E-state index is 0.0409. The molecule has 1 aromatic carbocycles. The molecule has 6 nitrogen and oxygen atoms in total. The zero-order valence-electron chi connectivity index (χ0n) is 11.1. The molecule has 2 rings (SSSR count). The molecule has 0 atom stereocenters. The molecule has 1 heterocycles. The number of urea groups is 1. The van der Waals surface area contributed by atoms with Crippen LogP contribution in [0, 0.1) is 0 Å². The Morgan fingerprint density at radius 1 is 1.40 bits per heavy atom. The van der Waals surface area contributed by atoms with Crippen molar-refractivity contribution < 1.29 is 9.90 Å². The molecule has 1 aromatic heterocycles. The van der Waals surface area contributed by atoms with Crippen LogP contribution in [0.3, 0.4) is 0 Å². The summed E-state index contributed by atoms with van der Waals surface area (Å²) in [6.45, 7) is 3.99. The highest BCUT2D eigenvalue weighted by Crippen LogP contribution is 2.26. The van der Waals surface area contributed by atoms with Crippen LogP contribution < -0.4 is 10.6 Å². The first-order valence-corrected chi connectivity index (χ1v) is 6.44. The van der Waals surface area contributed by atoms with Crippen LogP contribution in [0.5, 0.6) is 5.75 Å². The molecule has 0 saturated carbocycles. The van der Waals surface area contributed by atoms with Crippen LogP contribution in [0.25, 0.3) is 0 Å². The average Bonchev–Trinajstić information content (AvgIpc) is 2.81. The van der Waals surface area contributed by atoms with Gasteiger partial charge in [-0.25, -0.2) is 4.79 Å². The van der Waals surface area contributed by atoms with Gasteiger partial charge in [-0.3, -0.25) is 4.68 Å². The van der Waals surface area contributed by atoms with Crippen LogP contribution in [-0.4, -0.2) is 20.9 Å². The second-order valence-corrected chi connectivity index (χ2v) is 4.95. The van der Waals surface area contributed by atoms with Crippen molar-refractivity contribution in [3.05, 3.63) is 35.6 Å². The van der Waals surface area contributed by atoms with Gasteiger partial charge in [0.1, 0.15) is 5.75 Å². The van der Waals surface area contributed by atoms with E-state index in [1.54, 1.807) is 17.1 Å². The molecule has 0 spiro atoms. The van der Waals surface area contributed by atoms with Gasteiger partial charge in [-0.1, -0.05) is 11.6 Å². The van der Waals surface area contributed by atoms with Gasteiger partial charge in [-0.2, -0.15) is 5.10 Å². The third-order valence-electron chi connectivity index (χ3n) is 2.59. The smallest absolute Gasteiger partial charge is 0.323 e. The molecule has 0 aliphatic carbocycles. The summed E-state index contributed by atoms with van der Waals surface area (Å²) in [5, 5.41) is 18.9. The lowest BCUT2D eigenvalue weighted by Gasteiger charge is -2.08. The van der Waals surface area contributed by atoms with Crippen LogP contribution in [0.4, 0.5) is 16.2 Å². The van der Waals surface area contributed by atoms with Gasteiger partial charge >= 0.3 is 6.03 Å². The van der Waals surface area contributed by atoms with Gasteiger partial charge in [-0.05, 0) is 26.0 Å². The number of carbonyl (C=O) groups excluding carboxylic acids is 1. The van der Waals surface area contributed by atoms with Gasteiger partial charge in [0.05, 0.1) is 22.6 Å². The second kappa shape index (κ2) is 5.83. The Bertz CT molecular complexity index is 625. The zero-order valence-corrected chi connectivity index (χ0v) is 11.8. The lowest BCUT2D eigenvalue weighted by Crippen LogP contribution is -2.19. The Balaban J connectivity index is 2.01. The predicted octanol–water partition coefficient (Wildman–Crippen LogP) is 3.47. The Kier molecular flexibility index (Phi) is 4.14. The van der Waals surface area contributed by atoms with Crippen molar-refractivity contribution in [3.8, 4) is 5.75 Å². The van der Waals surface area contributed by atoms with E-state index in [1.165, 1.54) is 18.2 Å². The number of anilines is 2. The van der Waals surface area contributed by atoms with Crippen LogP contribution in [-0.2, 0) is 0 Å². The number of amides is 2. The van der Waals surface area contributed by atoms with E-state index in [-0.39, 0.29) is 16.8 Å². The van der Waals surface area contributed by atoms with Crippen LogP contribution in [0.2, 0.25) is 5.02 Å². The van der Waals surface area contributed by atoms with Gasteiger partial charge in [0, 0.05) is 18.3 Å². The number of nitrogens with one attached hydrogen (secondary N) is 2. The second-order valence-electron chi connectivity index (χ2n) is 4.55. The van der Waals surface area contributed by atoms with E-state index in [1.807, 2.05) is 13.8 Å². The number of phenols is 1. The SMILES string of the molecule is CC(C)n1cc(NC(=O)Nc2ccc(O)cc2Cl)cn1. The van der Waals surface area contributed by atoms with E-state index >= 15 is 0 Å². The van der Waals surface area contributed by atoms with Gasteiger partial charge < -0.3 is 15.7 Å². The fraction of sp³-hybridized carbons (Fsp3) is 0.231. The number of halogens is 1. The van der Waals surface area contributed by atoms with Gasteiger partial charge in [0.25, 0.3) is 0 Å². The molecular formula is C13H15ClN4O2. The lowest BCUT2D eigenvalue weighted by molar-refractivity contribution is 0.262. The van der Waals surface area contributed by atoms with Crippen LogP contribution in [0.1, 0.15) is 19.9 Å². The number of hydrogen-bond acceptors (Lipinski definition) is 3. The summed E-state index contributed by atoms with van der Waals surface area (Å²) in [6.07, 6.45) is 3.31. The van der Waals surface area contributed by atoms with Crippen LogP contribution in [0.15, 0.2) is 30.6 Å². The molecule has 0 radical (unpaired) electrons. The lowest BCUT2D eigenvalue weighted by atomic mass is 10.3. The number of phenolic OH excluding ortho intramolecular Hbond substituents is 1. The third-order valence-corrected chi connectivity index (χ3v) is 2.90. The molecule has 0 aliphatic heterocycles. The minimum atomic E-state index is -0.430. The summed E-state index contributed by atoms with van der Waals surface area (Å²) < 4.78 is 1.74. The quantitative estimate of drug-likeness (QED) is 0.758. The molecule has 20 heavy (non-hydrogen) atoms. The molecule has 0 unspecified atom stereocenters.